The summed E-state index contributed by atoms with van der Waals surface area (Å²) in [5.74, 6) is 0.893. The van der Waals surface area contributed by atoms with E-state index in [-0.39, 0.29) is 12.0 Å². The molecule has 1 aliphatic heterocycles. The summed E-state index contributed by atoms with van der Waals surface area (Å²) in [5.41, 5.74) is 0.0808. The second-order valence-corrected chi connectivity index (χ2v) is 6.39. The maximum atomic E-state index is 9.21. The molecule has 102 valence electrons. The quantitative estimate of drug-likeness (QED) is 0.736. The highest BCUT2D eigenvalue weighted by Gasteiger charge is 2.23. The van der Waals surface area contributed by atoms with Crippen LogP contribution < -0.4 is 0 Å². The van der Waals surface area contributed by atoms with Crippen molar-refractivity contribution < 1.29 is 9.84 Å². The van der Waals surface area contributed by atoms with Crippen LogP contribution in [0.4, 0.5) is 0 Å². The van der Waals surface area contributed by atoms with E-state index >= 15 is 0 Å². The van der Waals surface area contributed by atoms with E-state index in [0.29, 0.717) is 6.10 Å². The van der Waals surface area contributed by atoms with E-state index < -0.39 is 0 Å². The van der Waals surface area contributed by atoms with Gasteiger partial charge in [0.1, 0.15) is 0 Å². The smallest absolute Gasteiger partial charge is 0.0577 e. The van der Waals surface area contributed by atoms with Gasteiger partial charge in [0.15, 0.2) is 0 Å². The molecule has 2 unspecified atom stereocenters. The molecule has 1 fully saturated rings. The molecule has 2 heteroatoms. The van der Waals surface area contributed by atoms with Gasteiger partial charge in [-0.15, -0.1) is 0 Å². The fourth-order valence-electron chi connectivity index (χ4n) is 2.72. The van der Waals surface area contributed by atoms with Crippen LogP contribution in [0.5, 0.6) is 0 Å². The zero-order valence-corrected chi connectivity index (χ0v) is 11.9. The SMILES string of the molecule is CCCC1CCOC(CCCC(C)(C)CO)C1. The van der Waals surface area contributed by atoms with E-state index in [0.717, 1.165) is 18.9 Å². The van der Waals surface area contributed by atoms with Crippen LogP contribution in [0.25, 0.3) is 0 Å². The average Bonchev–Trinajstić information content (AvgIpc) is 2.30. The number of hydrogen-bond donors (Lipinski definition) is 1. The fourth-order valence-corrected chi connectivity index (χ4v) is 2.72. The molecule has 1 rings (SSSR count). The molecule has 0 aromatic carbocycles. The zero-order chi connectivity index (χ0) is 12.7. The van der Waals surface area contributed by atoms with Gasteiger partial charge >= 0.3 is 0 Å². The predicted octanol–water partition coefficient (Wildman–Crippen LogP) is 3.77. The van der Waals surface area contributed by atoms with Crippen LogP contribution in [0.3, 0.4) is 0 Å². The first-order chi connectivity index (χ1) is 8.07. The Morgan fingerprint density at radius 1 is 1.29 bits per heavy atom. The molecule has 0 spiro atoms. The highest BCUT2D eigenvalue weighted by atomic mass is 16.5. The largest absolute Gasteiger partial charge is 0.396 e. The summed E-state index contributed by atoms with van der Waals surface area (Å²) in [6.07, 6.45) is 9.11. The van der Waals surface area contributed by atoms with Crippen LogP contribution in [0.15, 0.2) is 0 Å². The van der Waals surface area contributed by atoms with Gasteiger partial charge in [-0.1, -0.05) is 40.0 Å². The molecule has 0 saturated carbocycles. The topological polar surface area (TPSA) is 29.5 Å². The van der Waals surface area contributed by atoms with E-state index in [1.807, 2.05) is 0 Å². The van der Waals surface area contributed by atoms with Gasteiger partial charge < -0.3 is 9.84 Å². The standard InChI is InChI=1S/C15H30O2/c1-4-6-13-8-10-17-14(11-13)7-5-9-15(2,3)12-16/h13-14,16H,4-12H2,1-3H3. The summed E-state index contributed by atoms with van der Waals surface area (Å²) in [7, 11) is 0. The second-order valence-electron chi connectivity index (χ2n) is 6.39. The number of rotatable bonds is 7. The average molecular weight is 242 g/mol. The lowest BCUT2D eigenvalue weighted by molar-refractivity contribution is -0.0177. The van der Waals surface area contributed by atoms with Crippen molar-refractivity contribution in [1.29, 1.82) is 0 Å². The minimum Gasteiger partial charge on any atom is -0.396 e. The van der Waals surface area contributed by atoms with Crippen molar-refractivity contribution in [3.63, 3.8) is 0 Å². The first-order valence-corrected chi connectivity index (χ1v) is 7.30. The molecule has 1 aliphatic rings. The molecular formula is C15H30O2. The lowest BCUT2D eigenvalue weighted by atomic mass is 9.85. The number of aliphatic hydroxyl groups excluding tert-OH is 1. The van der Waals surface area contributed by atoms with Crippen LogP contribution in [0.1, 0.15) is 65.7 Å². The molecule has 0 aromatic rings. The van der Waals surface area contributed by atoms with Crippen molar-refractivity contribution in [3.8, 4) is 0 Å². The van der Waals surface area contributed by atoms with E-state index in [2.05, 4.69) is 20.8 Å². The third-order valence-corrected chi connectivity index (χ3v) is 3.98. The van der Waals surface area contributed by atoms with Crippen molar-refractivity contribution in [2.45, 2.75) is 71.8 Å². The Labute approximate surface area is 107 Å². The van der Waals surface area contributed by atoms with Crippen molar-refractivity contribution in [2.24, 2.45) is 11.3 Å². The maximum absolute atomic E-state index is 9.21. The lowest BCUT2D eigenvalue weighted by Crippen LogP contribution is -2.26. The molecule has 0 aliphatic carbocycles. The molecule has 1 N–H and O–H groups in total. The summed E-state index contributed by atoms with van der Waals surface area (Å²) in [4.78, 5) is 0. The van der Waals surface area contributed by atoms with Gasteiger partial charge in [0.05, 0.1) is 6.10 Å². The molecule has 2 atom stereocenters. The van der Waals surface area contributed by atoms with Crippen molar-refractivity contribution in [2.75, 3.05) is 13.2 Å². The summed E-state index contributed by atoms with van der Waals surface area (Å²) >= 11 is 0. The molecule has 17 heavy (non-hydrogen) atoms. The zero-order valence-electron chi connectivity index (χ0n) is 11.9. The number of ether oxygens (including phenoxy) is 1. The van der Waals surface area contributed by atoms with Gasteiger partial charge in [-0.25, -0.2) is 0 Å². The van der Waals surface area contributed by atoms with Crippen molar-refractivity contribution >= 4 is 0 Å². The molecule has 1 heterocycles. The Morgan fingerprint density at radius 3 is 2.71 bits per heavy atom. The molecule has 0 bridgehead atoms. The lowest BCUT2D eigenvalue weighted by Gasteiger charge is -2.30. The third kappa shape index (κ3) is 5.87. The van der Waals surface area contributed by atoms with E-state index in [1.54, 1.807) is 0 Å². The van der Waals surface area contributed by atoms with E-state index in [4.69, 9.17) is 4.74 Å². The van der Waals surface area contributed by atoms with Crippen molar-refractivity contribution in [1.82, 2.24) is 0 Å². The van der Waals surface area contributed by atoms with Gasteiger partial charge in [-0.05, 0) is 37.0 Å². The Balaban J connectivity index is 2.18. The summed E-state index contributed by atoms with van der Waals surface area (Å²) in [6.45, 7) is 7.78. The minimum atomic E-state index is 0.0808. The highest BCUT2D eigenvalue weighted by Crippen LogP contribution is 2.29. The van der Waals surface area contributed by atoms with E-state index in [1.165, 1.54) is 38.5 Å². The molecule has 1 saturated heterocycles. The molecule has 0 aromatic heterocycles. The Kier molecular flexibility index (Phi) is 6.50. The highest BCUT2D eigenvalue weighted by molar-refractivity contribution is 4.73. The Morgan fingerprint density at radius 2 is 2.06 bits per heavy atom. The Hall–Kier alpha value is -0.0800. The molecule has 0 amide bonds. The van der Waals surface area contributed by atoms with Crippen LogP contribution in [-0.4, -0.2) is 24.4 Å². The molecular weight excluding hydrogens is 212 g/mol. The second kappa shape index (κ2) is 7.38. The van der Waals surface area contributed by atoms with Crippen molar-refractivity contribution in [3.05, 3.63) is 0 Å². The summed E-state index contributed by atoms with van der Waals surface area (Å²) in [5, 5.41) is 9.21. The molecule has 0 radical (unpaired) electrons. The summed E-state index contributed by atoms with van der Waals surface area (Å²) < 4.78 is 5.84. The first-order valence-electron chi connectivity index (χ1n) is 7.30. The predicted molar refractivity (Wildman–Crippen MR) is 72.1 cm³/mol. The van der Waals surface area contributed by atoms with Gasteiger partial charge in [0.25, 0.3) is 0 Å². The fraction of sp³-hybridized carbons (Fsp3) is 1.00. The number of hydrogen-bond acceptors (Lipinski definition) is 2. The van der Waals surface area contributed by atoms with Crippen LogP contribution in [0, 0.1) is 11.3 Å². The first kappa shape index (κ1) is 15.0. The normalized spacial score (nSPS) is 26.1. The van der Waals surface area contributed by atoms with Crippen LogP contribution >= 0.6 is 0 Å². The third-order valence-electron chi connectivity index (χ3n) is 3.98. The number of aliphatic hydroxyl groups is 1. The molecule has 2 nitrogen and oxygen atoms in total. The van der Waals surface area contributed by atoms with Crippen LogP contribution in [-0.2, 0) is 4.74 Å². The van der Waals surface area contributed by atoms with Crippen LogP contribution in [0.2, 0.25) is 0 Å². The minimum absolute atomic E-state index is 0.0808. The van der Waals surface area contributed by atoms with Gasteiger partial charge in [0.2, 0.25) is 0 Å². The van der Waals surface area contributed by atoms with Gasteiger partial charge in [-0.2, -0.15) is 0 Å². The monoisotopic (exact) mass is 242 g/mol. The van der Waals surface area contributed by atoms with Gasteiger partial charge in [-0.3, -0.25) is 0 Å². The Bertz CT molecular complexity index is 199. The maximum Gasteiger partial charge on any atom is 0.0577 e. The summed E-state index contributed by atoms with van der Waals surface area (Å²) in [6, 6.07) is 0. The van der Waals surface area contributed by atoms with E-state index in [9.17, 15) is 5.11 Å². The van der Waals surface area contributed by atoms with Gasteiger partial charge in [0, 0.05) is 13.2 Å².